The number of phosphoric acid groups is 2. The maximum atomic E-state index is 13.0. The standard InChI is InChI=1S/C68H132O17P2/c1-8-10-11-32-42-49-65(70)78-55-63(85-68(73)52-45-38-31-30-34-40-47-60(5)6)57-82-86(74,75)80-53-62(69)54-81-87(76,77)83-58-64(56-79-66(71)50-43-36-28-25-24-26-33-39-46-59(3)4)84-67(72)51-44-37-29-23-21-19-17-15-13-12-14-16-18-20-22-27-35-41-48-61(7)9-2/h59-64,69H,8-58H2,1-7H3,(H,74,75)(H,76,77)/t61?,62-,63+,64+/m0/s1. The van der Waals surface area contributed by atoms with Crippen LogP contribution in [0.3, 0.4) is 0 Å². The third kappa shape index (κ3) is 61.3. The van der Waals surface area contributed by atoms with Gasteiger partial charge in [0.05, 0.1) is 26.4 Å². The van der Waals surface area contributed by atoms with Crippen molar-refractivity contribution in [3.05, 3.63) is 0 Å². The second kappa shape index (κ2) is 59.1. The number of aliphatic hydroxyl groups excluding tert-OH is 1. The molecule has 3 N–H and O–H groups in total. The molecule has 17 nitrogen and oxygen atoms in total. The predicted molar refractivity (Wildman–Crippen MR) is 349 cm³/mol. The Kier molecular flexibility index (Phi) is 57.8. The molecular weight excluding hydrogens is 1150 g/mol. The van der Waals surface area contributed by atoms with Crippen molar-refractivity contribution in [2.75, 3.05) is 39.6 Å². The Morgan fingerprint density at radius 1 is 0.333 bits per heavy atom. The van der Waals surface area contributed by atoms with Crippen molar-refractivity contribution < 1.29 is 80.2 Å². The molecule has 0 saturated carbocycles. The molecule has 0 rings (SSSR count). The average molecular weight is 1280 g/mol. The number of carbonyl (C=O) groups excluding carboxylic acids is 4. The zero-order chi connectivity index (χ0) is 64.5. The summed E-state index contributed by atoms with van der Waals surface area (Å²) in [6, 6.07) is 0. The van der Waals surface area contributed by atoms with Crippen molar-refractivity contribution >= 4 is 39.5 Å². The minimum atomic E-state index is -4.95. The van der Waals surface area contributed by atoms with Crippen LogP contribution < -0.4 is 0 Å². The first kappa shape index (κ1) is 85.1. The number of ether oxygens (including phenoxy) is 4. The Bertz CT molecular complexity index is 1720. The quantitative estimate of drug-likeness (QED) is 0.0222. The number of hydrogen-bond acceptors (Lipinski definition) is 15. The zero-order valence-electron chi connectivity index (χ0n) is 56.5. The van der Waals surface area contributed by atoms with Crippen LogP contribution in [0, 0.1) is 17.8 Å². The van der Waals surface area contributed by atoms with Gasteiger partial charge in [-0.3, -0.25) is 37.3 Å². The van der Waals surface area contributed by atoms with E-state index in [0.29, 0.717) is 31.6 Å². The highest BCUT2D eigenvalue weighted by Crippen LogP contribution is 2.45. The summed E-state index contributed by atoms with van der Waals surface area (Å²) in [4.78, 5) is 72.0. The molecule has 0 aromatic carbocycles. The van der Waals surface area contributed by atoms with E-state index in [1.165, 1.54) is 141 Å². The van der Waals surface area contributed by atoms with Crippen molar-refractivity contribution in [1.82, 2.24) is 0 Å². The molecule has 87 heavy (non-hydrogen) atoms. The SMILES string of the molecule is CCCCCCCC(=O)OC[C@H](COP(=O)(O)OC[C@H](O)COP(=O)(O)OC[C@@H](COC(=O)CCCCCCCCCCC(C)C)OC(=O)CCCCCCCCCCCCCCCCCCCCC(C)CC)OC(=O)CCCCCCCCC(C)C. The van der Waals surface area contributed by atoms with Crippen molar-refractivity contribution in [2.45, 2.75) is 356 Å². The van der Waals surface area contributed by atoms with Gasteiger partial charge >= 0.3 is 39.5 Å². The van der Waals surface area contributed by atoms with E-state index in [1.54, 1.807) is 0 Å². The van der Waals surface area contributed by atoms with E-state index in [0.717, 1.165) is 108 Å². The number of esters is 4. The van der Waals surface area contributed by atoms with Crippen LogP contribution >= 0.6 is 15.6 Å². The highest BCUT2D eigenvalue weighted by Gasteiger charge is 2.30. The van der Waals surface area contributed by atoms with Crippen LogP contribution in [0.4, 0.5) is 0 Å². The van der Waals surface area contributed by atoms with Crippen LogP contribution in [0.1, 0.15) is 337 Å². The predicted octanol–water partition coefficient (Wildman–Crippen LogP) is 19.1. The van der Waals surface area contributed by atoms with Crippen molar-refractivity contribution in [3.8, 4) is 0 Å². The van der Waals surface area contributed by atoms with Crippen molar-refractivity contribution in [3.63, 3.8) is 0 Å². The molecule has 0 aliphatic rings. The summed E-state index contributed by atoms with van der Waals surface area (Å²) in [6.07, 6.45) is 42.4. The summed E-state index contributed by atoms with van der Waals surface area (Å²) < 4.78 is 67.9. The Morgan fingerprint density at radius 3 is 0.874 bits per heavy atom. The largest absolute Gasteiger partial charge is 0.472 e. The highest BCUT2D eigenvalue weighted by molar-refractivity contribution is 7.47. The van der Waals surface area contributed by atoms with Gasteiger partial charge in [-0.25, -0.2) is 9.13 Å². The second-order valence-corrected chi connectivity index (χ2v) is 28.7. The van der Waals surface area contributed by atoms with Gasteiger partial charge in [0, 0.05) is 25.7 Å². The minimum Gasteiger partial charge on any atom is -0.462 e. The van der Waals surface area contributed by atoms with Crippen LogP contribution in [0.5, 0.6) is 0 Å². The fraction of sp³-hybridized carbons (Fsp3) is 0.941. The van der Waals surface area contributed by atoms with Gasteiger partial charge in [0.25, 0.3) is 0 Å². The van der Waals surface area contributed by atoms with Crippen LogP contribution in [0.15, 0.2) is 0 Å². The second-order valence-electron chi connectivity index (χ2n) is 25.8. The normalized spacial score (nSPS) is 14.6. The van der Waals surface area contributed by atoms with E-state index in [4.69, 9.17) is 37.0 Å². The molecule has 0 aromatic heterocycles. The van der Waals surface area contributed by atoms with Gasteiger partial charge in [-0.1, -0.05) is 286 Å². The molecule has 0 spiro atoms. The summed E-state index contributed by atoms with van der Waals surface area (Å²) in [6.45, 7) is 11.7. The molecule has 516 valence electrons. The molecule has 0 aliphatic heterocycles. The van der Waals surface area contributed by atoms with Gasteiger partial charge in [0.2, 0.25) is 0 Å². The smallest absolute Gasteiger partial charge is 0.462 e. The molecular formula is C68H132O17P2. The summed E-state index contributed by atoms with van der Waals surface area (Å²) in [5.74, 6) is 0.120. The molecule has 6 atom stereocenters. The maximum absolute atomic E-state index is 13.0. The van der Waals surface area contributed by atoms with Gasteiger partial charge in [0.1, 0.15) is 19.3 Å². The van der Waals surface area contributed by atoms with Crippen LogP contribution in [-0.2, 0) is 65.4 Å². The molecule has 0 bridgehead atoms. The lowest BCUT2D eigenvalue weighted by atomic mass is 9.99. The third-order valence-electron chi connectivity index (χ3n) is 16.0. The lowest BCUT2D eigenvalue weighted by Gasteiger charge is -2.21. The van der Waals surface area contributed by atoms with Crippen LogP contribution in [0.2, 0.25) is 0 Å². The molecule has 0 saturated heterocycles. The van der Waals surface area contributed by atoms with Gasteiger partial charge in [-0.2, -0.15) is 0 Å². The van der Waals surface area contributed by atoms with Crippen molar-refractivity contribution in [1.29, 1.82) is 0 Å². The Labute approximate surface area is 530 Å². The topological polar surface area (TPSA) is 237 Å². The molecule has 0 amide bonds. The van der Waals surface area contributed by atoms with Crippen LogP contribution in [-0.4, -0.2) is 96.7 Å². The van der Waals surface area contributed by atoms with E-state index >= 15 is 0 Å². The Balaban J connectivity index is 5.07. The van der Waals surface area contributed by atoms with E-state index in [9.17, 15) is 43.2 Å². The summed E-state index contributed by atoms with van der Waals surface area (Å²) in [5, 5.41) is 10.5. The van der Waals surface area contributed by atoms with Gasteiger partial charge in [-0.05, 0) is 43.4 Å². The zero-order valence-corrected chi connectivity index (χ0v) is 58.3. The number of unbranched alkanes of at least 4 members (excludes halogenated alkanes) is 33. The lowest BCUT2D eigenvalue weighted by Crippen LogP contribution is -2.30. The third-order valence-corrected chi connectivity index (χ3v) is 17.9. The lowest BCUT2D eigenvalue weighted by molar-refractivity contribution is -0.161. The first-order valence-electron chi connectivity index (χ1n) is 35.4. The van der Waals surface area contributed by atoms with E-state index in [-0.39, 0.29) is 25.7 Å². The first-order chi connectivity index (χ1) is 41.8. The van der Waals surface area contributed by atoms with Crippen LogP contribution in [0.25, 0.3) is 0 Å². The highest BCUT2D eigenvalue weighted by atomic mass is 31.2. The summed E-state index contributed by atoms with van der Waals surface area (Å²) in [7, 11) is -9.88. The molecule has 0 aliphatic carbocycles. The van der Waals surface area contributed by atoms with E-state index in [2.05, 4.69) is 48.5 Å². The summed E-state index contributed by atoms with van der Waals surface area (Å²) >= 11 is 0. The molecule has 19 heteroatoms. The number of aliphatic hydroxyl groups is 1. The number of phosphoric ester groups is 2. The van der Waals surface area contributed by atoms with Gasteiger partial charge in [-0.15, -0.1) is 0 Å². The monoisotopic (exact) mass is 1280 g/mol. The molecule has 0 radical (unpaired) electrons. The van der Waals surface area contributed by atoms with E-state index < -0.39 is 97.5 Å². The van der Waals surface area contributed by atoms with Gasteiger partial charge in [0.15, 0.2) is 12.2 Å². The maximum Gasteiger partial charge on any atom is 0.472 e. The number of hydrogen-bond donors (Lipinski definition) is 3. The Morgan fingerprint density at radius 2 is 0.586 bits per heavy atom. The molecule has 3 unspecified atom stereocenters. The fourth-order valence-electron chi connectivity index (χ4n) is 10.2. The average Bonchev–Trinajstić information content (AvgIpc) is 3.69. The number of carbonyl (C=O) groups is 4. The molecule has 0 aromatic rings. The number of rotatable bonds is 66. The Hall–Kier alpha value is -1.94. The van der Waals surface area contributed by atoms with E-state index in [1.807, 2.05) is 0 Å². The molecule has 0 heterocycles. The minimum absolute atomic E-state index is 0.101. The van der Waals surface area contributed by atoms with Crippen molar-refractivity contribution in [2.24, 2.45) is 17.8 Å². The fourth-order valence-corrected chi connectivity index (χ4v) is 11.7. The summed E-state index contributed by atoms with van der Waals surface area (Å²) in [5.41, 5.74) is 0. The first-order valence-corrected chi connectivity index (χ1v) is 38.4. The molecule has 0 fully saturated rings. The van der Waals surface area contributed by atoms with Gasteiger partial charge < -0.3 is 33.8 Å².